The fourth-order valence-electron chi connectivity index (χ4n) is 1.56. The minimum atomic E-state index is -0.249. The highest BCUT2D eigenvalue weighted by Crippen LogP contribution is 2.27. The van der Waals surface area contributed by atoms with Gasteiger partial charge in [0, 0.05) is 17.5 Å². The Labute approximate surface area is 109 Å². The quantitative estimate of drug-likeness (QED) is 0.724. The number of anilines is 1. The number of benzene rings is 1. The van der Waals surface area contributed by atoms with Gasteiger partial charge in [-0.25, -0.2) is 4.98 Å². The predicted molar refractivity (Wildman–Crippen MR) is 72.5 cm³/mol. The summed E-state index contributed by atoms with van der Waals surface area (Å²) in [6.07, 6.45) is 0. The number of aromatic nitrogens is 2. The summed E-state index contributed by atoms with van der Waals surface area (Å²) < 4.78 is 0. The zero-order valence-corrected chi connectivity index (χ0v) is 10.8. The number of nitrogens with one attached hydrogen (secondary N) is 1. The normalized spacial score (nSPS) is 10.6. The Morgan fingerprint density at radius 3 is 2.78 bits per heavy atom. The van der Waals surface area contributed by atoms with E-state index in [1.165, 1.54) is 17.8 Å². The van der Waals surface area contributed by atoms with E-state index in [4.69, 9.17) is 11.5 Å². The largest absolute Gasteiger partial charge is 0.383 e. The molecule has 2 aromatic rings. The molecule has 2 rings (SSSR count). The van der Waals surface area contributed by atoms with Gasteiger partial charge in [-0.2, -0.15) is 0 Å². The van der Waals surface area contributed by atoms with E-state index in [0.717, 1.165) is 16.0 Å². The molecule has 0 aliphatic carbocycles. The summed E-state index contributed by atoms with van der Waals surface area (Å²) in [4.78, 5) is 19.0. The van der Waals surface area contributed by atoms with E-state index >= 15 is 0 Å². The fourth-order valence-corrected chi connectivity index (χ4v) is 2.43. The zero-order valence-electron chi connectivity index (χ0n) is 9.93. The molecule has 5 N–H and O–H groups in total. The van der Waals surface area contributed by atoms with Crippen molar-refractivity contribution in [2.24, 2.45) is 5.73 Å². The summed E-state index contributed by atoms with van der Waals surface area (Å²) >= 11 is 1.37. The maximum atomic E-state index is 11.3. The maximum absolute atomic E-state index is 11.3. The average molecular weight is 262 g/mol. The second kappa shape index (κ2) is 5.24. The molecule has 0 spiro atoms. The highest BCUT2D eigenvalue weighted by molar-refractivity contribution is 7.99. The van der Waals surface area contributed by atoms with Crippen molar-refractivity contribution in [1.82, 2.24) is 9.97 Å². The molecule has 0 fully saturated rings. The lowest BCUT2D eigenvalue weighted by Crippen LogP contribution is -2.09. The second-order valence-corrected chi connectivity index (χ2v) is 4.91. The highest BCUT2D eigenvalue weighted by atomic mass is 32.2. The smallest absolute Gasteiger partial charge is 0.253 e. The zero-order chi connectivity index (χ0) is 13.1. The molecular formula is C12H14N4OS. The summed E-state index contributed by atoms with van der Waals surface area (Å²) in [6, 6.07) is 7.20. The number of H-pyrrole nitrogens is 1. The topological polar surface area (TPSA) is 97.8 Å². The second-order valence-electron chi connectivity index (χ2n) is 3.88. The van der Waals surface area contributed by atoms with Crippen LogP contribution in [0.2, 0.25) is 0 Å². The van der Waals surface area contributed by atoms with Gasteiger partial charge in [0.15, 0.2) is 5.16 Å². The van der Waals surface area contributed by atoms with Crippen LogP contribution < -0.4 is 17.0 Å². The van der Waals surface area contributed by atoms with E-state index in [1.54, 1.807) is 0 Å². The lowest BCUT2D eigenvalue weighted by Gasteiger charge is -2.06. The van der Waals surface area contributed by atoms with Crippen LogP contribution >= 0.6 is 11.8 Å². The van der Waals surface area contributed by atoms with Crippen molar-refractivity contribution >= 4 is 17.6 Å². The van der Waals surface area contributed by atoms with Crippen molar-refractivity contribution < 1.29 is 0 Å². The van der Waals surface area contributed by atoms with Gasteiger partial charge in [0.2, 0.25) is 0 Å². The lowest BCUT2D eigenvalue weighted by atomic mass is 10.1. The number of nitrogens with two attached hydrogens (primary N) is 2. The highest BCUT2D eigenvalue weighted by Gasteiger charge is 2.05. The Morgan fingerprint density at radius 2 is 2.17 bits per heavy atom. The number of aryl methyl sites for hydroxylation is 1. The van der Waals surface area contributed by atoms with Crippen LogP contribution in [0.4, 0.5) is 5.82 Å². The molecule has 1 aromatic heterocycles. The van der Waals surface area contributed by atoms with Crippen molar-refractivity contribution in [1.29, 1.82) is 0 Å². The van der Waals surface area contributed by atoms with E-state index in [0.29, 0.717) is 11.7 Å². The summed E-state index contributed by atoms with van der Waals surface area (Å²) in [6.45, 7) is 2.51. The minimum absolute atomic E-state index is 0.220. The molecule has 0 atom stereocenters. The van der Waals surface area contributed by atoms with Crippen molar-refractivity contribution in [2.75, 3.05) is 5.73 Å². The van der Waals surface area contributed by atoms with Gasteiger partial charge >= 0.3 is 0 Å². The third-order valence-electron chi connectivity index (χ3n) is 2.42. The molecule has 0 aliphatic heterocycles. The number of rotatable bonds is 3. The van der Waals surface area contributed by atoms with Gasteiger partial charge in [-0.3, -0.25) is 4.79 Å². The molecular weight excluding hydrogens is 248 g/mol. The van der Waals surface area contributed by atoms with Crippen LogP contribution in [0.25, 0.3) is 0 Å². The van der Waals surface area contributed by atoms with Crippen molar-refractivity contribution in [3.05, 3.63) is 45.7 Å². The standard InChI is InChI=1S/C12H14N4OS/c1-7-4-8(6-13)2-3-9(7)18-12-15-10(14)5-11(17)16-12/h2-5H,6,13H2,1H3,(H3,14,15,16,17). The molecule has 94 valence electrons. The lowest BCUT2D eigenvalue weighted by molar-refractivity contribution is 0.944. The third-order valence-corrected chi connectivity index (χ3v) is 3.49. The fraction of sp³-hybridized carbons (Fsp3) is 0.167. The van der Waals surface area contributed by atoms with Gasteiger partial charge in [0.05, 0.1) is 0 Å². The molecule has 1 aromatic carbocycles. The Balaban J connectivity index is 2.31. The Hall–Kier alpha value is -1.79. The first kappa shape index (κ1) is 12.7. The number of hydrogen-bond donors (Lipinski definition) is 3. The predicted octanol–water partition coefficient (Wildman–Crippen LogP) is 1.27. The van der Waals surface area contributed by atoms with Gasteiger partial charge in [-0.15, -0.1) is 0 Å². The van der Waals surface area contributed by atoms with Gasteiger partial charge in [0.1, 0.15) is 5.82 Å². The van der Waals surface area contributed by atoms with Gasteiger partial charge in [0.25, 0.3) is 5.56 Å². The Morgan fingerprint density at radius 1 is 1.39 bits per heavy atom. The van der Waals surface area contributed by atoms with E-state index in [1.807, 2.05) is 25.1 Å². The van der Waals surface area contributed by atoms with Crippen LogP contribution in [0, 0.1) is 6.92 Å². The van der Waals surface area contributed by atoms with Crippen LogP contribution in [0.3, 0.4) is 0 Å². The number of nitrogen functional groups attached to an aromatic ring is 1. The van der Waals surface area contributed by atoms with Crippen LogP contribution in [0.1, 0.15) is 11.1 Å². The first-order valence-electron chi connectivity index (χ1n) is 5.43. The summed E-state index contributed by atoms with van der Waals surface area (Å²) in [5.41, 5.74) is 13.0. The molecule has 0 saturated heterocycles. The first-order chi connectivity index (χ1) is 8.58. The third kappa shape index (κ3) is 2.91. The molecule has 1 heterocycles. The number of aromatic amines is 1. The Bertz CT molecular complexity index is 624. The number of hydrogen-bond acceptors (Lipinski definition) is 5. The SMILES string of the molecule is Cc1cc(CN)ccc1Sc1nc(N)cc(=O)[nH]1. The van der Waals surface area contributed by atoms with Crippen LogP contribution in [-0.4, -0.2) is 9.97 Å². The molecule has 0 radical (unpaired) electrons. The maximum Gasteiger partial charge on any atom is 0.253 e. The molecule has 0 amide bonds. The van der Waals surface area contributed by atoms with Crippen LogP contribution in [0.5, 0.6) is 0 Å². The Kier molecular flexibility index (Phi) is 3.69. The average Bonchev–Trinajstić information content (AvgIpc) is 2.30. The van der Waals surface area contributed by atoms with Gasteiger partial charge in [-0.1, -0.05) is 23.9 Å². The van der Waals surface area contributed by atoms with Crippen molar-refractivity contribution in [3.63, 3.8) is 0 Å². The molecule has 0 saturated carbocycles. The van der Waals surface area contributed by atoms with Crippen LogP contribution in [-0.2, 0) is 6.54 Å². The first-order valence-corrected chi connectivity index (χ1v) is 6.24. The van der Waals surface area contributed by atoms with E-state index in [-0.39, 0.29) is 11.4 Å². The molecule has 0 bridgehead atoms. The summed E-state index contributed by atoms with van der Waals surface area (Å²) in [5.74, 6) is 0.220. The van der Waals surface area contributed by atoms with E-state index < -0.39 is 0 Å². The summed E-state index contributed by atoms with van der Waals surface area (Å²) in [7, 11) is 0. The number of nitrogens with zero attached hydrogens (tertiary/aromatic N) is 1. The van der Waals surface area contributed by atoms with E-state index in [9.17, 15) is 4.79 Å². The molecule has 5 nitrogen and oxygen atoms in total. The van der Waals surface area contributed by atoms with E-state index in [2.05, 4.69) is 9.97 Å². The summed E-state index contributed by atoms with van der Waals surface area (Å²) in [5, 5.41) is 0.489. The molecule has 6 heteroatoms. The van der Waals surface area contributed by atoms with Crippen molar-refractivity contribution in [3.8, 4) is 0 Å². The van der Waals surface area contributed by atoms with Gasteiger partial charge in [-0.05, 0) is 24.1 Å². The molecule has 0 unspecified atom stereocenters. The van der Waals surface area contributed by atoms with Crippen LogP contribution in [0.15, 0.2) is 39.1 Å². The van der Waals surface area contributed by atoms with Crippen molar-refractivity contribution in [2.45, 2.75) is 23.5 Å². The van der Waals surface area contributed by atoms with Gasteiger partial charge < -0.3 is 16.5 Å². The molecule has 18 heavy (non-hydrogen) atoms. The monoisotopic (exact) mass is 262 g/mol. The molecule has 0 aliphatic rings. The minimum Gasteiger partial charge on any atom is -0.383 e.